The minimum Gasteiger partial charge on any atom is -0.478 e. The molecule has 2 heterocycles. The fourth-order valence-electron chi connectivity index (χ4n) is 2.69. The van der Waals surface area contributed by atoms with Gasteiger partial charge in [0, 0.05) is 24.2 Å². The van der Waals surface area contributed by atoms with E-state index in [1.165, 1.54) is 12.3 Å². The Morgan fingerprint density at radius 2 is 2.05 bits per heavy atom. The molecule has 0 spiro atoms. The quantitative estimate of drug-likeness (QED) is 0.814. The zero-order valence-electron chi connectivity index (χ0n) is 11.0. The Morgan fingerprint density at radius 3 is 2.76 bits per heavy atom. The maximum atomic E-state index is 12.0. The Morgan fingerprint density at radius 1 is 1.24 bits per heavy atom. The number of rotatable bonds is 2. The minimum absolute atomic E-state index is 0.170. The van der Waals surface area contributed by atoms with Gasteiger partial charge in [0.05, 0.1) is 11.5 Å². The fourth-order valence-corrected chi connectivity index (χ4v) is 2.69. The number of fused-ring (bicyclic) bond motifs is 1. The van der Waals surface area contributed by atoms with Crippen LogP contribution in [0.2, 0.25) is 0 Å². The number of aromatic carboxylic acids is 1. The van der Waals surface area contributed by atoms with Crippen LogP contribution >= 0.6 is 0 Å². The standard InChI is InChI=1S/C15H12N2O4/c18-13-4-3-10(14(19)17-13)8-1-2-11(15(20)21)9-5-6-16-7-12(8)9/h1-2,5-7,10H,3-4H2,(H,20,21)(H,17,18,19). The second-order valence-corrected chi connectivity index (χ2v) is 4.93. The highest BCUT2D eigenvalue weighted by Crippen LogP contribution is 2.32. The van der Waals surface area contributed by atoms with Crippen LogP contribution in [0.4, 0.5) is 0 Å². The summed E-state index contributed by atoms with van der Waals surface area (Å²) >= 11 is 0. The highest BCUT2D eigenvalue weighted by Gasteiger charge is 2.29. The highest BCUT2D eigenvalue weighted by molar-refractivity contribution is 6.07. The number of carboxylic acid groups (broad SMARTS) is 1. The number of pyridine rings is 1. The van der Waals surface area contributed by atoms with Crippen LogP contribution in [0.1, 0.15) is 34.7 Å². The van der Waals surface area contributed by atoms with E-state index in [0.29, 0.717) is 22.8 Å². The van der Waals surface area contributed by atoms with Crippen molar-refractivity contribution in [2.45, 2.75) is 18.8 Å². The second-order valence-electron chi connectivity index (χ2n) is 4.93. The molecule has 1 saturated heterocycles. The van der Waals surface area contributed by atoms with Crippen LogP contribution in [-0.4, -0.2) is 27.9 Å². The number of nitrogens with one attached hydrogen (secondary N) is 1. The van der Waals surface area contributed by atoms with Crippen molar-refractivity contribution in [2.24, 2.45) is 0 Å². The number of carbonyl (C=O) groups excluding carboxylic acids is 2. The number of carbonyl (C=O) groups is 3. The first-order chi connectivity index (χ1) is 10.1. The summed E-state index contributed by atoms with van der Waals surface area (Å²) in [6, 6.07) is 4.74. The van der Waals surface area contributed by atoms with Crippen molar-refractivity contribution < 1.29 is 19.5 Å². The summed E-state index contributed by atoms with van der Waals surface area (Å²) in [5.74, 6) is -2.11. The van der Waals surface area contributed by atoms with Crippen LogP contribution in [-0.2, 0) is 9.59 Å². The molecule has 2 aromatic rings. The lowest BCUT2D eigenvalue weighted by molar-refractivity contribution is -0.134. The van der Waals surface area contributed by atoms with E-state index in [2.05, 4.69) is 10.3 Å². The molecule has 21 heavy (non-hydrogen) atoms. The van der Waals surface area contributed by atoms with Gasteiger partial charge >= 0.3 is 5.97 Å². The SMILES string of the molecule is O=C1CCC(c2ccc(C(=O)O)c3ccncc23)C(=O)N1. The second kappa shape index (κ2) is 4.97. The molecule has 0 saturated carbocycles. The third-order valence-corrected chi connectivity index (χ3v) is 3.70. The van der Waals surface area contributed by atoms with E-state index in [4.69, 9.17) is 0 Å². The number of amides is 2. The predicted octanol–water partition coefficient (Wildman–Crippen LogP) is 1.45. The van der Waals surface area contributed by atoms with Crippen LogP contribution in [0.3, 0.4) is 0 Å². The summed E-state index contributed by atoms with van der Waals surface area (Å²) in [5.41, 5.74) is 0.872. The number of hydrogen-bond donors (Lipinski definition) is 2. The summed E-state index contributed by atoms with van der Waals surface area (Å²) in [4.78, 5) is 38.5. The molecule has 0 bridgehead atoms. The third kappa shape index (κ3) is 2.24. The summed E-state index contributed by atoms with van der Waals surface area (Å²) in [6.45, 7) is 0. The predicted molar refractivity (Wildman–Crippen MR) is 73.8 cm³/mol. The molecule has 106 valence electrons. The Labute approximate surface area is 119 Å². The molecule has 6 heteroatoms. The molecule has 0 aliphatic carbocycles. The van der Waals surface area contributed by atoms with Gasteiger partial charge in [-0.2, -0.15) is 0 Å². The molecule has 6 nitrogen and oxygen atoms in total. The Balaban J connectivity index is 2.16. The van der Waals surface area contributed by atoms with Gasteiger partial charge in [-0.3, -0.25) is 19.9 Å². The Kier molecular flexibility index (Phi) is 3.13. The largest absolute Gasteiger partial charge is 0.478 e. The smallest absolute Gasteiger partial charge is 0.336 e. The average Bonchev–Trinajstić information content (AvgIpc) is 2.46. The molecule has 2 N–H and O–H groups in total. The third-order valence-electron chi connectivity index (χ3n) is 3.70. The number of aromatic nitrogens is 1. The highest BCUT2D eigenvalue weighted by atomic mass is 16.4. The van der Waals surface area contributed by atoms with Crippen LogP contribution < -0.4 is 5.32 Å². The topological polar surface area (TPSA) is 96.4 Å². The zero-order valence-corrected chi connectivity index (χ0v) is 11.0. The molecule has 1 aromatic carbocycles. The molecule has 1 aliphatic rings. The van der Waals surface area contributed by atoms with Crippen molar-refractivity contribution in [1.29, 1.82) is 0 Å². The first kappa shape index (κ1) is 13.2. The van der Waals surface area contributed by atoms with Gasteiger partial charge in [-0.1, -0.05) is 6.07 Å². The van der Waals surface area contributed by atoms with E-state index in [9.17, 15) is 19.5 Å². The molecule has 3 rings (SSSR count). The van der Waals surface area contributed by atoms with Crippen LogP contribution in [0, 0.1) is 0 Å². The van der Waals surface area contributed by atoms with Crippen molar-refractivity contribution in [3.8, 4) is 0 Å². The molecule has 1 fully saturated rings. The zero-order chi connectivity index (χ0) is 15.0. The van der Waals surface area contributed by atoms with Gasteiger partial charge < -0.3 is 5.11 Å². The van der Waals surface area contributed by atoms with Gasteiger partial charge in [0.15, 0.2) is 0 Å². The number of hydrogen-bond acceptors (Lipinski definition) is 4. The van der Waals surface area contributed by atoms with Gasteiger partial charge in [-0.25, -0.2) is 4.79 Å². The van der Waals surface area contributed by atoms with E-state index in [0.717, 1.165) is 0 Å². The van der Waals surface area contributed by atoms with Crippen LogP contribution in [0.5, 0.6) is 0 Å². The minimum atomic E-state index is -1.03. The van der Waals surface area contributed by atoms with Crippen LogP contribution in [0.25, 0.3) is 10.8 Å². The first-order valence-electron chi connectivity index (χ1n) is 6.51. The monoisotopic (exact) mass is 284 g/mol. The number of imide groups is 1. The average molecular weight is 284 g/mol. The maximum Gasteiger partial charge on any atom is 0.336 e. The number of carboxylic acids is 1. The summed E-state index contributed by atoms with van der Waals surface area (Å²) in [6.07, 6.45) is 3.77. The summed E-state index contributed by atoms with van der Waals surface area (Å²) in [7, 11) is 0. The van der Waals surface area contributed by atoms with Crippen molar-refractivity contribution in [3.05, 3.63) is 41.7 Å². The lowest BCUT2D eigenvalue weighted by Gasteiger charge is -2.22. The van der Waals surface area contributed by atoms with Gasteiger partial charge in [0.1, 0.15) is 0 Å². The fraction of sp³-hybridized carbons (Fsp3) is 0.200. The molecular weight excluding hydrogens is 272 g/mol. The van der Waals surface area contributed by atoms with Crippen molar-refractivity contribution in [3.63, 3.8) is 0 Å². The molecule has 0 radical (unpaired) electrons. The van der Waals surface area contributed by atoms with Crippen LogP contribution in [0.15, 0.2) is 30.6 Å². The lowest BCUT2D eigenvalue weighted by Crippen LogP contribution is -2.39. The molecule has 1 aromatic heterocycles. The summed E-state index contributed by atoms with van der Waals surface area (Å²) in [5, 5.41) is 12.7. The molecular formula is C15H12N2O4. The Bertz CT molecular complexity index is 769. The van der Waals surface area contributed by atoms with Gasteiger partial charge in [0.2, 0.25) is 11.8 Å². The van der Waals surface area contributed by atoms with Crippen molar-refractivity contribution in [2.75, 3.05) is 0 Å². The van der Waals surface area contributed by atoms with Crippen molar-refractivity contribution >= 4 is 28.6 Å². The summed E-state index contributed by atoms with van der Waals surface area (Å²) < 4.78 is 0. The van der Waals surface area contributed by atoms with Gasteiger partial charge in [-0.05, 0) is 29.5 Å². The van der Waals surface area contributed by atoms with E-state index < -0.39 is 11.9 Å². The molecule has 1 unspecified atom stereocenters. The lowest BCUT2D eigenvalue weighted by atomic mass is 9.86. The van der Waals surface area contributed by atoms with E-state index >= 15 is 0 Å². The first-order valence-corrected chi connectivity index (χ1v) is 6.51. The molecule has 1 atom stereocenters. The normalized spacial score (nSPS) is 18.6. The Hall–Kier alpha value is -2.76. The maximum absolute atomic E-state index is 12.0. The number of piperidine rings is 1. The van der Waals surface area contributed by atoms with Gasteiger partial charge in [0.25, 0.3) is 0 Å². The van der Waals surface area contributed by atoms with Gasteiger partial charge in [-0.15, -0.1) is 0 Å². The van der Waals surface area contributed by atoms with E-state index in [1.54, 1.807) is 18.3 Å². The van der Waals surface area contributed by atoms with E-state index in [-0.39, 0.29) is 23.8 Å². The molecule has 2 amide bonds. The van der Waals surface area contributed by atoms with Crippen molar-refractivity contribution in [1.82, 2.24) is 10.3 Å². The van der Waals surface area contributed by atoms with E-state index in [1.807, 2.05) is 0 Å². The number of nitrogens with zero attached hydrogens (tertiary/aromatic N) is 1. The number of benzene rings is 1. The molecule has 1 aliphatic heterocycles.